The molecule has 0 amide bonds. The minimum absolute atomic E-state index is 0.0403. The molecule has 0 bridgehead atoms. The quantitative estimate of drug-likeness (QED) is 0.600. The summed E-state index contributed by atoms with van der Waals surface area (Å²) in [6, 6.07) is 11.1. The second-order valence-electron chi connectivity index (χ2n) is 4.80. The number of carboxylic acids is 1. The van der Waals surface area contributed by atoms with Gasteiger partial charge in [-0.25, -0.2) is 4.79 Å². The predicted octanol–water partition coefficient (Wildman–Crippen LogP) is 2.76. The van der Waals surface area contributed by atoms with E-state index in [-0.39, 0.29) is 11.5 Å². The Balaban J connectivity index is 2.08. The van der Waals surface area contributed by atoms with Crippen LogP contribution in [0.5, 0.6) is 17.2 Å². The highest BCUT2D eigenvalue weighted by Gasteiger charge is 2.07. The number of para-hydroxylation sites is 1. The number of phenols is 1. The maximum absolute atomic E-state index is 12.1. The van der Waals surface area contributed by atoms with Gasteiger partial charge >= 0.3 is 5.97 Å². The first-order valence-electron chi connectivity index (χ1n) is 7.04. The molecule has 0 aromatic heterocycles. The van der Waals surface area contributed by atoms with Crippen LogP contribution in [0.4, 0.5) is 0 Å². The van der Waals surface area contributed by atoms with Gasteiger partial charge in [-0.15, -0.1) is 0 Å². The fourth-order valence-electron chi connectivity index (χ4n) is 1.96. The minimum Gasteiger partial charge on any atom is -0.504 e. The third-order valence-electron chi connectivity index (χ3n) is 3.17. The molecule has 0 saturated heterocycles. The van der Waals surface area contributed by atoms with E-state index in [0.717, 1.165) is 0 Å². The number of carboxylic acid groups (broad SMARTS) is 1. The Morgan fingerprint density at radius 2 is 1.83 bits per heavy atom. The number of rotatable bonds is 7. The van der Waals surface area contributed by atoms with E-state index in [1.54, 1.807) is 18.2 Å². The van der Waals surface area contributed by atoms with Crippen molar-refractivity contribution in [3.63, 3.8) is 0 Å². The normalized spacial score (nSPS) is 10.5. The summed E-state index contributed by atoms with van der Waals surface area (Å²) in [7, 11) is 1.45. The van der Waals surface area contributed by atoms with Crippen molar-refractivity contribution in [2.45, 2.75) is 0 Å². The van der Waals surface area contributed by atoms with Crippen molar-refractivity contribution in [2.24, 2.45) is 0 Å². The van der Waals surface area contributed by atoms with Crippen molar-refractivity contribution in [1.82, 2.24) is 0 Å². The summed E-state index contributed by atoms with van der Waals surface area (Å²) >= 11 is 0. The van der Waals surface area contributed by atoms with Crippen molar-refractivity contribution in [3.05, 3.63) is 59.7 Å². The van der Waals surface area contributed by atoms with Crippen LogP contribution in [0.1, 0.15) is 15.9 Å². The van der Waals surface area contributed by atoms with Crippen LogP contribution in [0.3, 0.4) is 0 Å². The Labute approximate surface area is 138 Å². The lowest BCUT2D eigenvalue weighted by Crippen LogP contribution is -2.09. The summed E-state index contributed by atoms with van der Waals surface area (Å²) < 4.78 is 10.0. The number of ether oxygens (including phenoxy) is 2. The molecule has 6 heteroatoms. The maximum atomic E-state index is 12.1. The smallest absolute Gasteiger partial charge is 0.341 e. The Kier molecular flexibility index (Phi) is 5.57. The fourth-order valence-corrected chi connectivity index (χ4v) is 1.96. The Morgan fingerprint density at radius 3 is 2.46 bits per heavy atom. The highest BCUT2D eigenvalue weighted by Crippen LogP contribution is 2.30. The van der Waals surface area contributed by atoms with Crippen molar-refractivity contribution >= 4 is 17.8 Å². The number of methoxy groups -OCH3 is 1. The lowest BCUT2D eigenvalue weighted by atomic mass is 10.1. The molecular weight excluding hydrogens is 312 g/mol. The minimum atomic E-state index is -1.07. The molecule has 0 heterocycles. The molecular formula is C18H16O6. The lowest BCUT2D eigenvalue weighted by Gasteiger charge is -2.05. The molecule has 2 aromatic carbocycles. The summed E-state index contributed by atoms with van der Waals surface area (Å²) in [5.41, 5.74) is 0.875. The van der Waals surface area contributed by atoms with Gasteiger partial charge < -0.3 is 19.7 Å². The van der Waals surface area contributed by atoms with Crippen molar-refractivity contribution in [2.75, 3.05) is 13.7 Å². The van der Waals surface area contributed by atoms with E-state index in [4.69, 9.17) is 14.6 Å². The van der Waals surface area contributed by atoms with Gasteiger partial charge in [-0.05, 0) is 42.5 Å². The Hall–Kier alpha value is -3.28. The van der Waals surface area contributed by atoms with Crippen molar-refractivity contribution in [1.29, 1.82) is 0 Å². The second-order valence-corrected chi connectivity index (χ2v) is 4.80. The second kappa shape index (κ2) is 7.82. The van der Waals surface area contributed by atoms with E-state index in [1.807, 2.05) is 0 Å². The van der Waals surface area contributed by atoms with E-state index in [9.17, 15) is 14.7 Å². The maximum Gasteiger partial charge on any atom is 0.341 e. The van der Waals surface area contributed by atoms with Crippen LogP contribution in [-0.2, 0) is 4.79 Å². The molecule has 0 atom stereocenters. The highest BCUT2D eigenvalue weighted by molar-refractivity contribution is 6.07. The summed E-state index contributed by atoms with van der Waals surface area (Å²) in [6.07, 6.45) is 2.83. The number of benzene rings is 2. The molecule has 0 aliphatic heterocycles. The van der Waals surface area contributed by atoms with Crippen molar-refractivity contribution in [3.8, 4) is 17.2 Å². The van der Waals surface area contributed by atoms with Gasteiger partial charge in [-0.3, -0.25) is 4.79 Å². The molecule has 0 aliphatic rings. The number of hydrogen-bond donors (Lipinski definition) is 2. The summed E-state index contributed by atoms with van der Waals surface area (Å²) in [4.78, 5) is 22.5. The van der Waals surface area contributed by atoms with Gasteiger partial charge in [0.05, 0.1) is 7.11 Å². The molecule has 2 N–H and O–H groups in total. The van der Waals surface area contributed by atoms with Crippen LogP contribution in [0.25, 0.3) is 6.08 Å². The van der Waals surface area contributed by atoms with Gasteiger partial charge in [0.2, 0.25) is 0 Å². The number of phenolic OH excluding ortho intramolecular Hbond substituents is 1. The first-order valence-corrected chi connectivity index (χ1v) is 7.04. The molecule has 124 valence electrons. The zero-order chi connectivity index (χ0) is 17.5. The van der Waals surface area contributed by atoms with E-state index in [0.29, 0.717) is 22.6 Å². The van der Waals surface area contributed by atoms with Gasteiger partial charge in [-0.2, -0.15) is 0 Å². The molecule has 2 rings (SSSR count). The van der Waals surface area contributed by atoms with Crippen molar-refractivity contribution < 1.29 is 29.3 Å². The summed E-state index contributed by atoms with van der Waals surface area (Å²) in [5.74, 6) is -0.687. The van der Waals surface area contributed by atoms with Gasteiger partial charge in [0, 0.05) is 11.1 Å². The molecule has 0 unspecified atom stereocenters. The third-order valence-corrected chi connectivity index (χ3v) is 3.17. The van der Waals surface area contributed by atoms with Crippen LogP contribution < -0.4 is 9.47 Å². The number of hydrogen-bond acceptors (Lipinski definition) is 5. The largest absolute Gasteiger partial charge is 0.504 e. The molecule has 0 aliphatic carbocycles. The molecule has 0 spiro atoms. The topological polar surface area (TPSA) is 93.1 Å². The number of allylic oxidation sites excluding steroid dienone is 1. The third kappa shape index (κ3) is 4.36. The van der Waals surface area contributed by atoms with E-state index in [2.05, 4.69) is 0 Å². The van der Waals surface area contributed by atoms with Gasteiger partial charge in [0.15, 0.2) is 23.9 Å². The SMILES string of the molecule is COc1cccc(C=CC(=O)c2ccc(OCC(=O)O)cc2)c1O. The van der Waals surface area contributed by atoms with Crippen LogP contribution in [0.2, 0.25) is 0 Å². The first kappa shape index (κ1) is 17.1. The zero-order valence-electron chi connectivity index (χ0n) is 12.9. The fraction of sp³-hybridized carbons (Fsp3) is 0.111. The average molecular weight is 328 g/mol. The van der Waals surface area contributed by atoms with Crippen LogP contribution in [0, 0.1) is 0 Å². The molecule has 0 saturated carbocycles. The molecule has 24 heavy (non-hydrogen) atoms. The first-order chi connectivity index (χ1) is 11.5. The molecule has 0 radical (unpaired) electrons. The molecule has 6 nitrogen and oxygen atoms in total. The number of aromatic hydroxyl groups is 1. The van der Waals surface area contributed by atoms with Gasteiger partial charge in [-0.1, -0.05) is 12.1 Å². The number of ketones is 1. The standard InChI is InChI=1S/C18H16O6/c1-23-16-4-2-3-13(18(16)22)7-10-15(19)12-5-8-14(9-6-12)24-11-17(20)21/h2-10,22H,11H2,1H3,(H,20,21). The van der Waals surface area contributed by atoms with E-state index >= 15 is 0 Å². The van der Waals surface area contributed by atoms with Crippen LogP contribution in [0.15, 0.2) is 48.5 Å². The number of carbonyl (C=O) groups is 2. The number of carbonyl (C=O) groups excluding carboxylic acids is 1. The van der Waals surface area contributed by atoms with Crippen LogP contribution in [-0.4, -0.2) is 35.7 Å². The highest BCUT2D eigenvalue weighted by atomic mass is 16.5. The average Bonchev–Trinajstić information content (AvgIpc) is 2.59. The van der Waals surface area contributed by atoms with Crippen LogP contribution >= 0.6 is 0 Å². The van der Waals surface area contributed by atoms with Gasteiger partial charge in [0.25, 0.3) is 0 Å². The monoisotopic (exact) mass is 328 g/mol. The Bertz CT molecular complexity index is 762. The molecule has 2 aromatic rings. The van der Waals surface area contributed by atoms with Gasteiger partial charge in [0.1, 0.15) is 5.75 Å². The molecule has 0 fully saturated rings. The lowest BCUT2D eigenvalue weighted by molar-refractivity contribution is -0.139. The summed E-state index contributed by atoms with van der Waals surface area (Å²) in [5, 5.41) is 18.5. The zero-order valence-corrected chi connectivity index (χ0v) is 12.9. The Morgan fingerprint density at radius 1 is 1.12 bits per heavy atom. The van der Waals surface area contributed by atoms with E-state index in [1.165, 1.54) is 43.5 Å². The predicted molar refractivity (Wildman–Crippen MR) is 87.6 cm³/mol. The number of aliphatic carboxylic acids is 1. The summed E-state index contributed by atoms with van der Waals surface area (Å²) in [6.45, 7) is -0.442. The van der Waals surface area contributed by atoms with E-state index < -0.39 is 12.6 Å².